The van der Waals surface area contributed by atoms with Gasteiger partial charge in [-0.15, -0.1) is 0 Å². The summed E-state index contributed by atoms with van der Waals surface area (Å²) in [5.74, 6) is 0.890. The van der Waals surface area contributed by atoms with Gasteiger partial charge in [0.1, 0.15) is 11.4 Å². The van der Waals surface area contributed by atoms with Crippen molar-refractivity contribution in [1.29, 1.82) is 0 Å². The summed E-state index contributed by atoms with van der Waals surface area (Å²) in [6.45, 7) is 10.9. The Morgan fingerprint density at radius 2 is 1.96 bits per heavy atom. The molecule has 0 spiro atoms. The number of amides is 1. The van der Waals surface area contributed by atoms with Gasteiger partial charge in [-0.25, -0.2) is 9.78 Å². The van der Waals surface area contributed by atoms with Crippen LogP contribution in [-0.2, 0) is 4.74 Å². The zero-order valence-corrected chi connectivity index (χ0v) is 17.1. The van der Waals surface area contributed by atoms with Gasteiger partial charge in [-0.2, -0.15) is 9.61 Å². The normalized spacial score (nSPS) is 15.3. The summed E-state index contributed by atoms with van der Waals surface area (Å²) in [5.41, 5.74) is 2.21. The molecule has 1 N–H and O–H groups in total. The fraction of sp³-hybridized carbons (Fsp3) is 0.650. The number of aryl methyl sites for hydroxylation is 2. The lowest BCUT2D eigenvalue weighted by molar-refractivity contribution is 0.0175. The molecule has 0 saturated heterocycles. The minimum atomic E-state index is -0.484. The quantitative estimate of drug-likeness (QED) is 0.859. The maximum Gasteiger partial charge on any atom is 0.410 e. The van der Waals surface area contributed by atoms with Gasteiger partial charge in [0.05, 0.1) is 5.69 Å². The number of carbonyl (C=O) groups is 1. The Kier molecular flexibility index (Phi) is 5.58. The molecule has 1 saturated carbocycles. The van der Waals surface area contributed by atoms with Crippen LogP contribution in [0.5, 0.6) is 0 Å². The van der Waals surface area contributed by atoms with Crippen molar-refractivity contribution in [3.63, 3.8) is 0 Å². The van der Waals surface area contributed by atoms with Gasteiger partial charge in [0.15, 0.2) is 5.65 Å². The highest BCUT2D eigenvalue weighted by Crippen LogP contribution is 2.25. The fourth-order valence-electron chi connectivity index (χ4n) is 3.60. The molecular weight excluding hydrogens is 342 g/mol. The SMILES string of the molecule is Cc1cc(NCCN(C(=O)OC(C)(C)C)C2CCCC2)n2nc(C)cc2n1. The van der Waals surface area contributed by atoms with E-state index in [4.69, 9.17) is 4.74 Å². The van der Waals surface area contributed by atoms with Gasteiger partial charge in [-0.3, -0.25) is 0 Å². The summed E-state index contributed by atoms with van der Waals surface area (Å²) in [6.07, 6.45) is 4.23. The van der Waals surface area contributed by atoms with E-state index in [2.05, 4.69) is 15.4 Å². The molecule has 1 amide bonds. The summed E-state index contributed by atoms with van der Waals surface area (Å²) in [7, 11) is 0. The van der Waals surface area contributed by atoms with E-state index in [1.807, 2.05) is 56.2 Å². The lowest BCUT2D eigenvalue weighted by Crippen LogP contribution is -2.44. The van der Waals surface area contributed by atoms with E-state index in [1.165, 1.54) is 12.8 Å². The van der Waals surface area contributed by atoms with E-state index < -0.39 is 5.60 Å². The van der Waals surface area contributed by atoms with Crippen molar-refractivity contribution in [3.05, 3.63) is 23.5 Å². The number of ether oxygens (including phenoxy) is 1. The summed E-state index contributed by atoms with van der Waals surface area (Å²) in [6, 6.07) is 4.21. The first-order chi connectivity index (χ1) is 12.7. The molecular formula is C20H31N5O2. The Labute approximate surface area is 161 Å². The number of nitrogens with zero attached hydrogens (tertiary/aromatic N) is 4. The molecule has 0 radical (unpaired) electrons. The summed E-state index contributed by atoms with van der Waals surface area (Å²) in [4.78, 5) is 19.1. The van der Waals surface area contributed by atoms with Crippen LogP contribution in [0, 0.1) is 13.8 Å². The molecule has 1 aliphatic carbocycles. The number of rotatable bonds is 5. The van der Waals surface area contributed by atoms with Crippen molar-refractivity contribution in [1.82, 2.24) is 19.5 Å². The van der Waals surface area contributed by atoms with Crippen molar-refractivity contribution in [2.75, 3.05) is 18.4 Å². The van der Waals surface area contributed by atoms with Crippen molar-refractivity contribution < 1.29 is 9.53 Å². The Balaban J connectivity index is 1.69. The Bertz CT molecular complexity index is 803. The van der Waals surface area contributed by atoms with Crippen molar-refractivity contribution in [2.24, 2.45) is 0 Å². The van der Waals surface area contributed by atoms with Gasteiger partial charge in [0, 0.05) is 37.0 Å². The number of hydrogen-bond donors (Lipinski definition) is 1. The second kappa shape index (κ2) is 7.74. The number of carbonyl (C=O) groups excluding carboxylic acids is 1. The summed E-state index contributed by atoms with van der Waals surface area (Å²) in [5, 5.41) is 7.92. The zero-order valence-electron chi connectivity index (χ0n) is 17.1. The Morgan fingerprint density at radius 1 is 1.26 bits per heavy atom. The third kappa shape index (κ3) is 4.90. The minimum absolute atomic E-state index is 0.220. The highest BCUT2D eigenvalue weighted by molar-refractivity contribution is 5.68. The maximum absolute atomic E-state index is 12.7. The molecule has 1 aliphatic rings. The van der Waals surface area contributed by atoms with Gasteiger partial charge in [0.2, 0.25) is 0 Å². The molecule has 2 aromatic heterocycles. The fourth-order valence-corrected chi connectivity index (χ4v) is 3.60. The Hall–Kier alpha value is -2.31. The maximum atomic E-state index is 12.7. The van der Waals surface area contributed by atoms with E-state index in [0.717, 1.165) is 35.7 Å². The minimum Gasteiger partial charge on any atom is -0.444 e. The summed E-state index contributed by atoms with van der Waals surface area (Å²) < 4.78 is 7.45. The van der Waals surface area contributed by atoms with Gasteiger partial charge >= 0.3 is 6.09 Å². The third-order valence-corrected chi connectivity index (χ3v) is 4.73. The first-order valence-corrected chi connectivity index (χ1v) is 9.80. The molecule has 0 aliphatic heterocycles. The average Bonchev–Trinajstić information content (AvgIpc) is 3.18. The molecule has 0 atom stereocenters. The molecule has 2 aromatic rings. The molecule has 0 unspecified atom stereocenters. The molecule has 0 bridgehead atoms. The smallest absolute Gasteiger partial charge is 0.410 e. The lowest BCUT2D eigenvalue weighted by Gasteiger charge is -2.31. The van der Waals surface area contributed by atoms with Gasteiger partial charge in [0.25, 0.3) is 0 Å². The third-order valence-electron chi connectivity index (χ3n) is 4.73. The van der Waals surface area contributed by atoms with Crippen LogP contribution in [0.2, 0.25) is 0 Å². The van der Waals surface area contributed by atoms with Crippen LogP contribution in [0.15, 0.2) is 12.1 Å². The van der Waals surface area contributed by atoms with Crippen LogP contribution in [0.4, 0.5) is 10.6 Å². The number of anilines is 1. The van der Waals surface area contributed by atoms with E-state index in [9.17, 15) is 4.79 Å². The number of nitrogens with one attached hydrogen (secondary N) is 1. The molecule has 2 heterocycles. The van der Waals surface area contributed by atoms with Crippen molar-refractivity contribution in [2.45, 2.75) is 71.9 Å². The highest BCUT2D eigenvalue weighted by Gasteiger charge is 2.30. The second-order valence-electron chi connectivity index (χ2n) is 8.38. The van der Waals surface area contributed by atoms with Crippen LogP contribution in [-0.4, -0.2) is 50.3 Å². The van der Waals surface area contributed by atoms with Crippen LogP contribution < -0.4 is 5.32 Å². The van der Waals surface area contributed by atoms with E-state index in [-0.39, 0.29) is 12.1 Å². The monoisotopic (exact) mass is 373 g/mol. The van der Waals surface area contributed by atoms with E-state index >= 15 is 0 Å². The predicted molar refractivity (Wildman–Crippen MR) is 106 cm³/mol. The average molecular weight is 374 g/mol. The van der Waals surface area contributed by atoms with Crippen LogP contribution in [0.25, 0.3) is 5.65 Å². The van der Waals surface area contributed by atoms with Gasteiger partial charge in [-0.05, 0) is 47.5 Å². The Morgan fingerprint density at radius 3 is 2.63 bits per heavy atom. The molecule has 3 rings (SSSR count). The lowest BCUT2D eigenvalue weighted by atomic mass is 10.2. The van der Waals surface area contributed by atoms with Crippen LogP contribution in [0.3, 0.4) is 0 Å². The second-order valence-corrected chi connectivity index (χ2v) is 8.38. The van der Waals surface area contributed by atoms with Crippen molar-refractivity contribution >= 4 is 17.6 Å². The zero-order chi connectivity index (χ0) is 19.6. The first kappa shape index (κ1) is 19.5. The number of fused-ring (bicyclic) bond motifs is 1. The van der Waals surface area contributed by atoms with Crippen LogP contribution >= 0.6 is 0 Å². The van der Waals surface area contributed by atoms with Crippen LogP contribution in [0.1, 0.15) is 57.8 Å². The summed E-state index contributed by atoms with van der Waals surface area (Å²) >= 11 is 0. The number of hydrogen-bond acceptors (Lipinski definition) is 5. The molecule has 1 fully saturated rings. The van der Waals surface area contributed by atoms with E-state index in [1.54, 1.807) is 0 Å². The molecule has 0 aromatic carbocycles. The van der Waals surface area contributed by atoms with Crippen molar-refractivity contribution in [3.8, 4) is 0 Å². The topological polar surface area (TPSA) is 71.8 Å². The first-order valence-electron chi connectivity index (χ1n) is 9.80. The van der Waals surface area contributed by atoms with E-state index in [0.29, 0.717) is 13.1 Å². The molecule has 7 heteroatoms. The molecule has 148 valence electrons. The standard InChI is InChI=1S/C20H31N5O2/c1-14-12-17(25-18(22-14)13-15(2)23-25)21-10-11-24(16-8-6-7-9-16)19(26)27-20(3,4)5/h12-13,16,21H,6-11H2,1-5H3. The predicted octanol–water partition coefficient (Wildman–Crippen LogP) is 3.94. The molecule has 27 heavy (non-hydrogen) atoms. The highest BCUT2D eigenvalue weighted by atomic mass is 16.6. The largest absolute Gasteiger partial charge is 0.444 e. The van der Waals surface area contributed by atoms with Gasteiger partial charge in [-0.1, -0.05) is 12.8 Å². The molecule has 7 nitrogen and oxygen atoms in total. The van der Waals surface area contributed by atoms with Gasteiger partial charge < -0.3 is 15.0 Å². The number of aromatic nitrogens is 3.